The van der Waals surface area contributed by atoms with E-state index in [0.717, 1.165) is 6.26 Å². The van der Waals surface area contributed by atoms with Crippen molar-refractivity contribution in [1.82, 2.24) is 0 Å². The maximum Gasteiger partial charge on any atom is 0.306 e. The molecule has 7 nitrogen and oxygen atoms in total. The Morgan fingerprint density at radius 1 is 1.00 bits per heavy atom. The number of rotatable bonds is 5. The van der Waals surface area contributed by atoms with E-state index in [1.165, 1.54) is 26.4 Å². The van der Waals surface area contributed by atoms with Crippen molar-refractivity contribution in [3.8, 4) is 23.0 Å². The van der Waals surface area contributed by atoms with Crippen LogP contribution >= 0.6 is 0 Å². The highest BCUT2D eigenvalue weighted by Gasteiger charge is 2.30. The molecule has 8 heteroatoms. The minimum atomic E-state index is -3.69. The van der Waals surface area contributed by atoms with Gasteiger partial charge in [-0.05, 0) is 42.8 Å². The van der Waals surface area contributed by atoms with Crippen LogP contribution in [0.2, 0.25) is 0 Å². The second-order valence-electron chi connectivity index (χ2n) is 5.91. The molecule has 0 aromatic heterocycles. The molecular weight excluding hydrogens is 372 g/mol. The molecule has 1 heterocycles. The monoisotopic (exact) mass is 390 g/mol. The van der Waals surface area contributed by atoms with Crippen molar-refractivity contribution < 1.29 is 31.6 Å². The van der Waals surface area contributed by atoms with Gasteiger partial charge in [-0.1, -0.05) is 6.07 Å². The van der Waals surface area contributed by atoms with Crippen LogP contribution in [0, 0.1) is 6.92 Å². The van der Waals surface area contributed by atoms with Gasteiger partial charge in [0.15, 0.2) is 17.3 Å². The standard InChI is InChI=1S/C19H18O7S/c1-11-14(26-27(4,21)22)8-6-13-18(20)17(25-19(11)13)10-12-5-7-15(23-2)16(9-12)24-3/h5-10H,1-4H3. The van der Waals surface area contributed by atoms with E-state index in [0.29, 0.717) is 28.2 Å². The van der Waals surface area contributed by atoms with Crippen molar-refractivity contribution in [2.45, 2.75) is 6.92 Å². The van der Waals surface area contributed by atoms with Gasteiger partial charge in [0, 0.05) is 5.56 Å². The summed E-state index contributed by atoms with van der Waals surface area (Å²) in [6.45, 7) is 1.63. The summed E-state index contributed by atoms with van der Waals surface area (Å²) in [6.07, 6.45) is 2.54. The zero-order chi connectivity index (χ0) is 19.8. The van der Waals surface area contributed by atoms with Crippen LogP contribution < -0.4 is 18.4 Å². The van der Waals surface area contributed by atoms with Crippen molar-refractivity contribution in [1.29, 1.82) is 0 Å². The molecule has 0 fully saturated rings. The molecule has 1 aliphatic rings. The van der Waals surface area contributed by atoms with E-state index in [9.17, 15) is 13.2 Å². The molecule has 1 aliphatic heterocycles. The third-order valence-electron chi connectivity index (χ3n) is 3.98. The molecule has 2 aromatic rings. The SMILES string of the molecule is COc1ccc(C=C2Oc3c(ccc(OS(C)(=O)=O)c3C)C2=O)cc1OC. The van der Waals surface area contributed by atoms with Crippen molar-refractivity contribution in [3.05, 3.63) is 52.8 Å². The predicted octanol–water partition coefficient (Wildman–Crippen LogP) is 2.97. The molecule has 0 unspecified atom stereocenters. The Kier molecular flexibility index (Phi) is 4.84. The van der Waals surface area contributed by atoms with E-state index in [4.69, 9.17) is 18.4 Å². The molecule has 3 rings (SSSR count). The molecule has 0 N–H and O–H groups in total. The lowest BCUT2D eigenvalue weighted by Gasteiger charge is -2.09. The average Bonchev–Trinajstić information content (AvgIpc) is 2.93. The molecule has 0 aliphatic carbocycles. The first-order chi connectivity index (χ1) is 12.7. The highest BCUT2D eigenvalue weighted by Crippen LogP contribution is 2.40. The average molecular weight is 390 g/mol. The summed E-state index contributed by atoms with van der Waals surface area (Å²) in [4.78, 5) is 12.6. The van der Waals surface area contributed by atoms with E-state index < -0.39 is 10.1 Å². The largest absolute Gasteiger partial charge is 0.493 e. The van der Waals surface area contributed by atoms with Gasteiger partial charge in [0.05, 0.1) is 26.0 Å². The highest BCUT2D eigenvalue weighted by molar-refractivity contribution is 7.86. The Balaban J connectivity index is 1.97. The van der Waals surface area contributed by atoms with E-state index in [2.05, 4.69) is 0 Å². The third kappa shape index (κ3) is 3.75. The summed E-state index contributed by atoms with van der Waals surface area (Å²) in [5.41, 5.74) is 1.47. The van der Waals surface area contributed by atoms with Crippen LogP contribution in [0.5, 0.6) is 23.0 Å². The number of methoxy groups -OCH3 is 2. The van der Waals surface area contributed by atoms with Crippen LogP contribution in [0.15, 0.2) is 36.1 Å². The third-order valence-corrected chi connectivity index (χ3v) is 4.47. The lowest BCUT2D eigenvalue weighted by molar-refractivity contribution is 0.101. The van der Waals surface area contributed by atoms with Crippen molar-refractivity contribution >= 4 is 22.0 Å². The van der Waals surface area contributed by atoms with Gasteiger partial charge in [-0.25, -0.2) is 0 Å². The van der Waals surface area contributed by atoms with Crippen LogP contribution in [0.4, 0.5) is 0 Å². The number of hydrogen-bond acceptors (Lipinski definition) is 7. The Labute approximate surface area is 157 Å². The molecule has 0 spiro atoms. The first-order valence-electron chi connectivity index (χ1n) is 7.93. The number of carbonyl (C=O) groups excluding carboxylic acids is 1. The Bertz CT molecular complexity index is 1050. The van der Waals surface area contributed by atoms with Gasteiger partial charge in [0.1, 0.15) is 11.5 Å². The van der Waals surface area contributed by atoms with Crippen LogP contribution in [0.3, 0.4) is 0 Å². The number of fused-ring (bicyclic) bond motifs is 1. The van der Waals surface area contributed by atoms with Gasteiger partial charge >= 0.3 is 10.1 Å². The number of hydrogen-bond donors (Lipinski definition) is 0. The van der Waals surface area contributed by atoms with Gasteiger partial charge in [-0.3, -0.25) is 4.79 Å². The van der Waals surface area contributed by atoms with Gasteiger partial charge in [-0.15, -0.1) is 0 Å². The fourth-order valence-electron chi connectivity index (χ4n) is 2.72. The highest BCUT2D eigenvalue weighted by atomic mass is 32.2. The molecule has 0 atom stereocenters. The van der Waals surface area contributed by atoms with E-state index in [-0.39, 0.29) is 23.0 Å². The van der Waals surface area contributed by atoms with Gasteiger partial charge < -0.3 is 18.4 Å². The zero-order valence-corrected chi connectivity index (χ0v) is 16.0. The number of ketones is 1. The van der Waals surface area contributed by atoms with Crippen molar-refractivity contribution in [2.24, 2.45) is 0 Å². The molecule has 0 saturated carbocycles. The van der Waals surface area contributed by atoms with Gasteiger partial charge in [0.25, 0.3) is 0 Å². The number of benzene rings is 2. The predicted molar refractivity (Wildman–Crippen MR) is 99.1 cm³/mol. The smallest absolute Gasteiger partial charge is 0.306 e. The van der Waals surface area contributed by atoms with Crippen LogP contribution in [0.25, 0.3) is 6.08 Å². The first kappa shape index (κ1) is 18.8. The van der Waals surface area contributed by atoms with Crippen LogP contribution in [-0.2, 0) is 10.1 Å². The normalized spacial score (nSPS) is 14.7. The molecule has 27 heavy (non-hydrogen) atoms. The summed E-state index contributed by atoms with van der Waals surface area (Å²) in [7, 11) is -0.629. The van der Waals surface area contributed by atoms with Crippen LogP contribution in [-0.4, -0.2) is 34.7 Å². The summed E-state index contributed by atoms with van der Waals surface area (Å²) in [5, 5.41) is 0. The number of allylic oxidation sites excluding steroid dienone is 1. The Morgan fingerprint density at radius 2 is 1.67 bits per heavy atom. The number of carbonyl (C=O) groups is 1. The molecule has 2 aromatic carbocycles. The second-order valence-corrected chi connectivity index (χ2v) is 7.48. The first-order valence-corrected chi connectivity index (χ1v) is 9.74. The number of Topliss-reactive ketones (excluding diaryl/α,β-unsaturated/α-hetero) is 1. The fourth-order valence-corrected chi connectivity index (χ4v) is 3.22. The van der Waals surface area contributed by atoms with Gasteiger partial charge in [-0.2, -0.15) is 8.42 Å². The maximum absolute atomic E-state index is 12.6. The lowest BCUT2D eigenvalue weighted by atomic mass is 10.1. The molecular formula is C19H18O7S. The Morgan fingerprint density at radius 3 is 2.30 bits per heavy atom. The minimum Gasteiger partial charge on any atom is -0.493 e. The molecule has 142 valence electrons. The molecule has 0 bridgehead atoms. The Hall–Kier alpha value is -3.00. The summed E-state index contributed by atoms with van der Waals surface area (Å²) < 4.78 is 43.8. The van der Waals surface area contributed by atoms with E-state index in [1.807, 2.05) is 0 Å². The summed E-state index contributed by atoms with van der Waals surface area (Å²) >= 11 is 0. The minimum absolute atomic E-state index is 0.122. The fraction of sp³-hybridized carbons (Fsp3) is 0.211. The number of ether oxygens (including phenoxy) is 3. The molecule has 0 radical (unpaired) electrons. The topological polar surface area (TPSA) is 88.1 Å². The molecule has 0 saturated heterocycles. The summed E-state index contributed by atoms with van der Waals surface area (Å²) in [5.74, 6) is 1.32. The summed E-state index contributed by atoms with van der Waals surface area (Å²) in [6, 6.07) is 8.13. The zero-order valence-electron chi connectivity index (χ0n) is 15.2. The van der Waals surface area contributed by atoms with Crippen molar-refractivity contribution in [3.63, 3.8) is 0 Å². The maximum atomic E-state index is 12.6. The molecule has 0 amide bonds. The van der Waals surface area contributed by atoms with Crippen molar-refractivity contribution in [2.75, 3.05) is 20.5 Å². The van der Waals surface area contributed by atoms with Gasteiger partial charge in [0.2, 0.25) is 5.78 Å². The quantitative estimate of drug-likeness (QED) is 0.573. The second kappa shape index (κ2) is 6.96. The van der Waals surface area contributed by atoms with E-state index in [1.54, 1.807) is 31.2 Å². The lowest BCUT2D eigenvalue weighted by Crippen LogP contribution is -2.07. The van der Waals surface area contributed by atoms with Crippen LogP contribution in [0.1, 0.15) is 21.5 Å². The van der Waals surface area contributed by atoms with E-state index >= 15 is 0 Å².